The molecule has 1 aliphatic heterocycles. The van der Waals surface area contributed by atoms with E-state index in [4.69, 9.17) is 4.74 Å². The maximum absolute atomic E-state index is 12.8. The molecule has 0 spiro atoms. The van der Waals surface area contributed by atoms with Gasteiger partial charge in [0, 0.05) is 25.2 Å². The molecule has 1 N–H and O–H groups in total. The smallest absolute Gasteiger partial charge is 0.229 e. The van der Waals surface area contributed by atoms with Gasteiger partial charge in [-0.3, -0.25) is 9.59 Å². The van der Waals surface area contributed by atoms with E-state index in [0.717, 1.165) is 29.0 Å². The molecule has 1 aliphatic rings. The number of hydrogen-bond acceptors (Lipinski definition) is 3. The predicted octanol–water partition coefficient (Wildman–Crippen LogP) is 4.20. The lowest BCUT2D eigenvalue weighted by molar-refractivity contribution is -0.128. The molecule has 3 rings (SSSR count). The van der Waals surface area contributed by atoms with E-state index in [0.29, 0.717) is 19.0 Å². The topological polar surface area (TPSA) is 58.6 Å². The van der Waals surface area contributed by atoms with Gasteiger partial charge in [0.2, 0.25) is 11.8 Å². The first-order chi connectivity index (χ1) is 13.5. The summed E-state index contributed by atoms with van der Waals surface area (Å²) in [5, 5.41) is 3.05. The lowest BCUT2D eigenvalue weighted by Gasteiger charge is -2.18. The number of anilines is 1. The predicted molar refractivity (Wildman–Crippen MR) is 110 cm³/mol. The van der Waals surface area contributed by atoms with Crippen molar-refractivity contribution < 1.29 is 14.3 Å². The zero-order chi connectivity index (χ0) is 20.1. The Morgan fingerprint density at radius 2 is 1.93 bits per heavy atom. The third-order valence-electron chi connectivity index (χ3n) is 5.48. The summed E-state index contributed by atoms with van der Waals surface area (Å²) in [6.07, 6.45) is 1.26. The van der Waals surface area contributed by atoms with E-state index >= 15 is 0 Å². The summed E-state index contributed by atoms with van der Waals surface area (Å²) in [6, 6.07) is 15.6. The molecule has 1 heterocycles. The number of carbonyl (C=O) groups is 2. The number of carbonyl (C=O) groups excluding carboxylic acids is 2. The molecule has 2 atom stereocenters. The van der Waals surface area contributed by atoms with Crippen molar-refractivity contribution >= 4 is 17.5 Å². The Bertz CT molecular complexity index is 832. The quantitative estimate of drug-likeness (QED) is 0.783. The zero-order valence-corrected chi connectivity index (χ0v) is 16.8. The maximum atomic E-state index is 12.8. The number of rotatable bonds is 7. The van der Waals surface area contributed by atoms with Gasteiger partial charge in [-0.25, -0.2) is 0 Å². The standard InChI is InChI=1S/C23H28N2O3/c1-4-16(2)20-7-5-6-8-21(20)24-23(27)18-13-22(26)25(15-18)14-17-9-11-19(28-3)12-10-17/h5-12,16,18H,4,13-15H2,1-3H3,(H,24,27). The van der Waals surface area contributed by atoms with Crippen LogP contribution >= 0.6 is 0 Å². The first kappa shape index (κ1) is 19.9. The van der Waals surface area contributed by atoms with Gasteiger partial charge in [0.15, 0.2) is 0 Å². The minimum Gasteiger partial charge on any atom is -0.497 e. The number of para-hydroxylation sites is 1. The van der Waals surface area contributed by atoms with Crippen molar-refractivity contribution in [2.24, 2.45) is 5.92 Å². The van der Waals surface area contributed by atoms with Crippen molar-refractivity contribution in [2.45, 2.75) is 39.2 Å². The fourth-order valence-corrected chi connectivity index (χ4v) is 3.55. The molecule has 0 saturated carbocycles. The van der Waals surface area contributed by atoms with Gasteiger partial charge in [-0.15, -0.1) is 0 Å². The highest BCUT2D eigenvalue weighted by Crippen LogP contribution is 2.28. The first-order valence-electron chi connectivity index (χ1n) is 9.82. The highest BCUT2D eigenvalue weighted by atomic mass is 16.5. The minimum atomic E-state index is -0.323. The van der Waals surface area contributed by atoms with E-state index in [1.807, 2.05) is 42.5 Å². The fraction of sp³-hybridized carbons (Fsp3) is 0.391. The molecule has 2 aromatic carbocycles. The molecule has 2 unspecified atom stereocenters. The Morgan fingerprint density at radius 3 is 2.61 bits per heavy atom. The molecule has 5 nitrogen and oxygen atoms in total. The molecular formula is C23H28N2O3. The van der Waals surface area contributed by atoms with Gasteiger partial charge in [-0.1, -0.05) is 44.2 Å². The summed E-state index contributed by atoms with van der Waals surface area (Å²) in [5.41, 5.74) is 3.01. The van der Waals surface area contributed by atoms with Crippen LogP contribution in [0.5, 0.6) is 5.75 Å². The van der Waals surface area contributed by atoms with Crippen molar-refractivity contribution in [2.75, 3.05) is 19.0 Å². The lowest BCUT2D eigenvalue weighted by atomic mass is 9.96. The second kappa shape index (κ2) is 8.91. The van der Waals surface area contributed by atoms with Gasteiger partial charge in [0.05, 0.1) is 13.0 Å². The molecule has 0 radical (unpaired) electrons. The zero-order valence-electron chi connectivity index (χ0n) is 16.8. The van der Waals surface area contributed by atoms with Crippen molar-refractivity contribution in [3.05, 3.63) is 59.7 Å². The van der Waals surface area contributed by atoms with Gasteiger partial charge in [-0.05, 0) is 41.7 Å². The van der Waals surface area contributed by atoms with Crippen LogP contribution in [0.25, 0.3) is 0 Å². The number of ether oxygens (including phenoxy) is 1. The van der Waals surface area contributed by atoms with Gasteiger partial charge in [-0.2, -0.15) is 0 Å². The molecule has 1 saturated heterocycles. The summed E-state index contributed by atoms with van der Waals surface area (Å²) in [7, 11) is 1.63. The number of nitrogens with one attached hydrogen (secondary N) is 1. The third kappa shape index (κ3) is 4.53. The van der Waals surface area contributed by atoms with Crippen LogP contribution in [0.15, 0.2) is 48.5 Å². The van der Waals surface area contributed by atoms with Crippen LogP contribution in [0.2, 0.25) is 0 Å². The average Bonchev–Trinajstić information content (AvgIpc) is 3.09. The van der Waals surface area contributed by atoms with Crippen LogP contribution in [0.1, 0.15) is 43.7 Å². The van der Waals surface area contributed by atoms with Gasteiger partial charge in [0.1, 0.15) is 5.75 Å². The van der Waals surface area contributed by atoms with Crippen molar-refractivity contribution in [3.63, 3.8) is 0 Å². The number of methoxy groups -OCH3 is 1. The number of nitrogens with zero attached hydrogens (tertiary/aromatic N) is 1. The summed E-state index contributed by atoms with van der Waals surface area (Å²) in [5.74, 6) is 0.769. The Morgan fingerprint density at radius 1 is 1.21 bits per heavy atom. The van der Waals surface area contributed by atoms with Gasteiger partial charge in [0.25, 0.3) is 0 Å². The van der Waals surface area contributed by atoms with Crippen molar-refractivity contribution in [3.8, 4) is 5.75 Å². The van der Waals surface area contributed by atoms with Crippen LogP contribution in [0.3, 0.4) is 0 Å². The Balaban J connectivity index is 1.64. The van der Waals surface area contributed by atoms with Crippen LogP contribution < -0.4 is 10.1 Å². The molecular weight excluding hydrogens is 352 g/mol. The van der Waals surface area contributed by atoms with Crippen LogP contribution in [-0.2, 0) is 16.1 Å². The monoisotopic (exact) mass is 380 g/mol. The lowest BCUT2D eigenvalue weighted by Crippen LogP contribution is -2.28. The Labute approximate surface area is 166 Å². The number of hydrogen-bond donors (Lipinski definition) is 1. The molecule has 1 fully saturated rings. The summed E-state index contributed by atoms with van der Waals surface area (Å²) < 4.78 is 5.17. The number of amides is 2. The molecule has 148 valence electrons. The maximum Gasteiger partial charge on any atom is 0.229 e. The first-order valence-corrected chi connectivity index (χ1v) is 9.82. The van der Waals surface area contributed by atoms with Crippen LogP contribution in [-0.4, -0.2) is 30.4 Å². The van der Waals surface area contributed by atoms with Crippen molar-refractivity contribution in [1.82, 2.24) is 4.90 Å². The van der Waals surface area contributed by atoms with Crippen LogP contribution in [0, 0.1) is 5.92 Å². The van der Waals surface area contributed by atoms with E-state index in [-0.39, 0.29) is 24.2 Å². The number of benzene rings is 2. The average molecular weight is 380 g/mol. The van der Waals surface area contributed by atoms with E-state index in [1.165, 1.54) is 0 Å². The second-order valence-corrected chi connectivity index (χ2v) is 7.41. The molecule has 0 aromatic heterocycles. The van der Waals surface area contributed by atoms with Gasteiger partial charge >= 0.3 is 0 Å². The summed E-state index contributed by atoms with van der Waals surface area (Å²) in [6.45, 7) is 5.24. The summed E-state index contributed by atoms with van der Waals surface area (Å²) in [4.78, 5) is 27.0. The Kier molecular flexibility index (Phi) is 6.34. The molecule has 0 aliphatic carbocycles. The normalized spacial score (nSPS) is 17.5. The second-order valence-electron chi connectivity index (χ2n) is 7.41. The SMILES string of the molecule is CCC(C)c1ccccc1NC(=O)C1CC(=O)N(Cc2ccc(OC)cc2)C1. The van der Waals surface area contributed by atoms with Gasteiger partial charge < -0.3 is 15.0 Å². The number of likely N-dealkylation sites (tertiary alicyclic amines) is 1. The molecule has 0 bridgehead atoms. The van der Waals surface area contributed by atoms with E-state index in [9.17, 15) is 9.59 Å². The molecule has 28 heavy (non-hydrogen) atoms. The summed E-state index contributed by atoms with van der Waals surface area (Å²) >= 11 is 0. The Hall–Kier alpha value is -2.82. The minimum absolute atomic E-state index is 0.0196. The van der Waals surface area contributed by atoms with E-state index in [2.05, 4.69) is 25.2 Å². The molecule has 2 aromatic rings. The highest BCUT2D eigenvalue weighted by molar-refractivity contribution is 5.97. The third-order valence-corrected chi connectivity index (χ3v) is 5.48. The van der Waals surface area contributed by atoms with E-state index in [1.54, 1.807) is 12.0 Å². The highest BCUT2D eigenvalue weighted by Gasteiger charge is 2.34. The largest absolute Gasteiger partial charge is 0.497 e. The van der Waals surface area contributed by atoms with Crippen LogP contribution in [0.4, 0.5) is 5.69 Å². The van der Waals surface area contributed by atoms with Crippen molar-refractivity contribution in [1.29, 1.82) is 0 Å². The van der Waals surface area contributed by atoms with E-state index < -0.39 is 0 Å². The fourth-order valence-electron chi connectivity index (χ4n) is 3.55. The molecule has 5 heteroatoms. The molecule has 2 amide bonds.